The molecule has 5 nitrogen and oxygen atoms in total. The van der Waals surface area contributed by atoms with Crippen molar-refractivity contribution in [3.8, 4) is 23.0 Å². The van der Waals surface area contributed by atoms with Crippen LogP contribution in [0.3, 0.4) is 0 Å². The van der Waals surface area contributed by atoms with Gasteiger partial charge in [0.05, 0.1) is 6.61 Å². The first-order valence-electron chi connectivity index (χ1n) is 6.57. The Kier molecular flexibility index (Phi) is 4.02. The molecule has 0 aromatic heterocycles. The molecule has 108 valence electrons. The van der Waals surface area contributed by atoms with Gasteiger partial charge in [0.15, 0.2) is 11.5 Å². The maximum Gasteiger partial charge on any atom is 0.298 e. The third-order valence-electron chi connectivity index (χ3n) is 2.90. The zero-order valence-electron chi connectivity index (χ0n) is 11.2. The number of rotatable bonds is 7. The lowest BCUT2D eigenvalue weighted by molar-refractivity contribution is -0.120. The lowest BCUT2D eigenvalue weighted by Gasteiger charge is -2.11. The van der Waals surface area contributed by atoms with Gasteiger partial charge in [-0.25, -0.2) is 0 Å². The average Bonchev–Trinajstić information content (AvgIpc) is 3.32. The molecule has 2 aromatic carbocycles. The number of carbonyl (C=O) groups is 1. The zero-order valence-corrected chi connectivity index (χ0v) is 11.2. The van der Waals surface area contributed by atoms with Crippen molar-refractivity contribution in [2.24, 2.45) is 0 Å². The van der Waals surface area contributed by atoms with E-state index in [2.05, 4.69) is 0 Å². The molecule has 1 aliphatic heterocycles. The number of ether oxygens (including phenoxy) is 4. The molecule has 0 bridgehead atoms. The van der Waals surface area contributed by atoms with Crippen LogP contribution in [0.15, 0.2) is 48.5 Å². The molecule has 1 saturated heterocycles. The van der Waals surface area contributed by atoms with Crippen LogP contribution in [0.4, 0.5) is 0 Å². The van der Waals surface area contributed by atoms with E-state index < -0.39 is 0 Å². The van der Waals surface area contributed by atoms with Gasteiger partial charge in [-0.2, -0.15) is 0 Å². The van der Waals surface area contributed by atoms with Crippen LogP contribution < -0.4 is 14.2 Å². The zero-order chi connectivity index (χ0) is 14.5. The van der Waals surface area contributed by atoms with E-state index in [9.17, 15) is 4.79 Å². The Morgan fingerprint density at radius 1 is 1.10 bits per heavy atom. The van der Waals surface area contributed by atoms with E-state index in [0.717, 1.165) is 0 Å². The van der Waals surface area contributed by atoms with Crippen molar-refractivity contribution in [2.75, 3.05) is 13.2 Å². The number of epoxide rings is 1. The highest BCUT2D eigenvalue weighted by Crippen LogP contribution is 2.33. The quantitative estimate of drug-likeness (QED) is 0.578. The molecule has 5 heteroatoms. The molecule has 1 atom stereocenters. The number of hydrogen-bond acceptors (Lipinski definition) is 5. The van der Waals surface area contributed by atoms with Gasteiger partial charge in [0.2, 0.25) is 0 Å². The first-order valence-corrected chi connectivity index (χ1v) is 6.57. The summed E-state index contributed by atoms with van der Waals surface area (Å²) >= 11 is 0. The van der Waals surface area contributed by atoms with Gasteiger partial charge in [0.1, 0.15) is 24.2 Å². The van der Waals surface area contributed by atoms with Crippen LogP contribution in [-0.4, -0.2) is 25.8 Å². The van der Waals surface area contributed by atoms with Crippen molar-refractivity contribution in [1.82, 2.24) is 0 Å². The minimum atomic E-state index is 0.134. The summed E-state index contributed by atoms with van der Waals surface area (Å²) in [6.07, 6.45) is 0.134. The van der Waals surface area contributed by atoms with Gasteiger partial charge in [-0.1, -0.05) is 18.2 Å². The molecule has 1 unspecified atom stereocenters. The summed E-state index contributed by atoms with van der Waals surface area (Å²) in [7, 11) is 0. The van der Waals surface area contributed by atoms with Crippen LogP contribution in [0, 0.1) is 0 Å². The fraction of sp³-hybridized carbons (Fsp3) is 0.188. The number of hydrogen-bond donors (Lipinski definition) is 0. The molecule has 0 aliphatic carbocycles. The number of carbonyl (C=O) groups excluding carboxylic acids is 1. The second-order valence-electron chi connectivity index (χ2n) is 4.50. The van der Waals surface area contributed by atoms with E-state index in [-0.39, 0.29) is 6.10 Å². The summed E-state index contributed by atoms with van der Waals surface area (Å²) in [6, 6.07) is 14.4. The van der Waals surface area contributed by atoms with Crippen molar-refractivity contribution < 1.29 is 23.7 Å². The highest BCUT2D eigenvalue weighted by Gasteiger charge is 2.23. The van der Waals surface area contributed by atoms with Crippen LogP contribution in [-0.2, 0) is 9.53 Å². The van der Waals surface area contributed by atoms with Crippen LogP contribution in [0.2, 0.25) is 0 Å². The monoisotopic (exact) mass is 286 g/mol. The SMILES string of the molecule is O=COc1cc(Oc2ccccc2)ccc1OCC1CO1. The summed E-state index contributed by atoms with van der Waals surface area (Å²) in [5, 5.41) is 0. The van der Waals surface area contributed by atoms with Crippen molar-refractivity contribution in [1.29, 1.82) is 0 Å². The molecule has 0 amide bonds. The third kappa shape index (κ3) is 3.73. The van der Waals surface area contributed by atoms with Gasteiger partial charge in [-0.3, -0.25) is 4.79 Å². The standard InChI is InChI=1S/C16H14O5/c17-11-20-16-8-13(21-12-4-2-1-3-5-12)6-7-15(16)19-10-14-9-18-14/h1-8,11,14H,9-10H2. The fourth-order valence-electron chi connectivity index (χ4n) is 1.79. The van der Waals surface area contributed by atoms with Gasteiger partial charge >= 0.3 is 0 Å². The average molecular weight is 286 g/mol. The molecule has 1 heterocycles. The molecule has 3 rings (SSSR count). The van der Waals surface area contributed by atoms with Gasteiger partial charge in [-0.05, 0) is 24.3 Å². The predicted octanol–water partition coefficient (Wildman–Crippen LogP) is 2.79. The minimum Gasteiger partial charge on any atom is -0.487 e. The van der Waals surface area contributed by atoms with E-state index in [1.807, 2.05) is 30.3 Å². The second-order valence-corrected chi connectivity index (χ2v) is 4.50. The topological polar surface area (TPSA) is 57.3 Å². The fourth-order valence-corrected chi connectivity index (χ4v) is 1.79. The Labute approximate surface area is 122 Å². The smallest absolute Gasteiger partial charge is 0.298 e. The summed E-state index contributed by atoms with van der Waals surface area (Å²) in [5.74, 6) is 2.07. The molecule has 21 heavy (non-hydrogen) atoms. The molecule has 1 fully saturated rings. The second kappa shape index (κ2) is 6.28. The largest absolute Gasteiger partial charge is 0.487 e. The predicted molar refractivity (Wildman–Crippen MR) is 74.9 cm³/mol. The lowest BCUT2D eigenvalue weighted by Crippen LogP contribution is -2.05. The molecule has 0 radical (unpaired) electrons. The lowest BCUT2D eigenvalue weighted by atomic mass is 10.3. The summed E-state index contributed by atoms with van der Waals surface area (Å²) in [6.45, 7) is 1.51. The molecule has 0 N–H and O–H groups in total. The maximum absolute atomic E-state index is 10.6. The maximum atomic E-state index is 10.6. The summed E-state index contributed by atoms with van der Waals surface area (Å²) in [4.78, 5) is 10.6. The first kappa shape index (κ1) is 13.5. The van der Waals surface area contributed by atoms with Crippen molar-refractivity contribution in [3.63, 3.8) is 0 Å². The van der Waals surface area contributed by atoms with E-state index in [4.69, 9.17) is 18.9 Å². The van der Waals surface area contributed by atoms with Crippen LogP contribution in [0.1, 0.15) is 0 Å². The highest BCUT2D eigenvalue weighted by atomic mass is 16.6. The van der Waals surface area contributed by atoms with Crippen molar-refractivity contribution in [3.05, 3.63) is 48.5 Å². The van der Waals surface area contributed by atoms with Gasteiger partial charge in [0.25, 0.3) is 6.47 Å². The Morgan fingerprint density at radius 2 is 1.90 bits per heavy atom. The normalized spacial score (nSPS) is 16.1. The Morgan fingerprint density at radius 3 is 2.62 bits per heavy atom. The molecular weight excluding hydrogens is 272 g/mol. The van der Waals surface area contributed by atoms with Crippen LogP contribution in [0.25, 0.3) is 0 Å². The molecule has 0 spiro atoms. The van der Waals surface area contributed by atoms with E-state index in [0.29, 0.717) is 42.7 Å². The molecular formula is C16H14O5. The van der Waals surface area contributed by atoms with E-state index >= 15 is 0 Å². The summed E-state index contributed by atoms with van der Waals surface area (Å²) in [5.41, 5.74) is 0. The Bertz CT molecular complexity index is 607. The first-order chi connectivity index (χ1) is 10.3. The van der Waals surface area contributed by atoms with Gasteiger partial charge < -0.3 is 18.9 Å². The van der Waals surface area contributed by atoms with Crippen LogP contribution >= 0.6 is 0 Å². The molecule has 2 aromatic rings. The number of para-hydroxylation sites is 1. The van der Waals surface area contributed by atoms with Crippen LogP contribution in [0.5, 0.6) is 23.0 Å². The minimum absolute atomic E-state index is 0.134. The Balaban J connectivity index is 1.75. The van der Waals surface area contributed by atoms with Gasteiger partial charge in [0, 0.05) is 6.07 Å². The number of benzene rings is 2. The van der Waals surface area contributed by atoms with Crippen molar-refractivity contribution in [2.45, 2.75) is 6.10 Å². The highest BCUT2D eigenvalue weighted by molar-refractivity contribution is 5.53. The van der Waals surface area contributed by atoms with E-state index in [1.165, 1.54) is 0 Å². The molecule has 0 saturated carbocycles. The molecule has 1 aliphatic rings. The third-order valence-corrected chi connectivity index (χ3v) is 2.90. The summed E-state index contributed by atoms with van der Waals surface area (Å²) < 4.78 is 21.3. The Hall–Kier alpha value is -2.53. The van der Waals surface area contributed by atoms with Crippen molar-refractivity contribution >= 4 is 6.47 Å². The van der Waals surface area contributed by atoms with E-state index in [1.54, 1.807) is 18.2 Å². The van der Waals surface area contributed by atoms with Gasteiger partial charge in [-0.15, -0.1) is 0 Å².